The van der Waals surface area contributed by atoms with Gasteiger partial charge in [-0.25, -0.2) is 0 Å². The number of amides is 2. The molecule has 8 heteroatoms. The van der Waals surface area contributed by atoms with E-state index in [9.17, 15) is 19.5 Å². The number of aliphatic carboxylic acids is 1. The van der Waals surface area contributed by atoms with Crippen LogP contribution in [0.3, 0.4) is 0 Å². The van der Waals surface area contributed by atoms with E-state index in [0.717, 1.165) is 5.56 Å². The van der Waals surface area contributed by atoms with Crippen LogP contribution < -0.4 is 10.9 Å². The highest BCUT2D eigenvalue weighted by molar-refractivity contribution is 7.12. The Kier molecular flexibility index (Phi) is 3.88. The van der Waals surface area contributed by atoms with Gasteiger partial charge in [0.15, 0.2) is 0 Å². The second-order valence-electron chi connectivity index (χ2n) is 5.56. The highest BCUT2D eigenvalue weighted by Gasteiger charge is 2.55. The van der Waals surface area contributed by atoms with Gasteiger partial charge in [-0.2, -0.15) is 0 Å². The van der Waals surface area contributed by atoms with Crippen LogP contribution in [-0.4, -0.2) is 35.1 Å². The SMILES string of the molecule is Cc1ccsc1C(=O)NNC(=O)[C@@H]1[C@@H](C(=O)O)[C@@H]2CC[C@H]1O2. The third-order valence-corrected chi connectivity index (χ3v) is 5.24. The van der Waals surface area contributed by atoms with Gasteiger partial charge in [-0.15, -0.1) is 11.3 Å². The number of carbonyl (C=O) groups excluding carboxylic acids is 2. The second kappa shape index (κ2) is 5.69. The van der Waals surface area contributed by atoms with Crippen molar-refractivity contribution in [1.82, 2.24) is 10.9 Å². The first-order valence-electron chi connectivity index (χ1n) is 7.01. The van der Waals surface area contributed by atoms with Gasteiger partial charge in [0, 0.05) is 0 Å². The van der Waals surface area contributed by atoms with Crippen molar-refractivity contribution in [2.24, 2.45) is 11.8 Å². The summed E-state index contributed by atoms with van der Waals surface area (Å²) in [6, 6.07) is 1.81. The molecule has 0 saturated carbocycles. The highest BCUT2D eigenvalue weighted by atomic mass is 32.1. The number of carboxylic acids is 1. The topological polar surface area (TPSA) is 105 Å². The molecule has 22 heavy (non-hydrogen) atoms. The normalized spacial score (nSPS) is 29.3. The predicted octanol–water partition coefficient (Wildman–Crippen LogP) is 0.696. The number of thiophene rings is 1. The maximum atomic E-state index is 12.2. The molecule has 1 aromatic rings. The summed E-state index contributed by atoms with van der Waals surface area (Å²) in [4.78, 5) is 36.0. The van der Waals surface area contributed by atoms with E-state index in [2.05, 4.69) is 10.9 Å². The molecule has 2 aliphatic heterocycles. The molecule has 2 saturated heterocycles. The van der Waals surface area contributed by atoms with Crippen molar-refractivity contribution >= 4 is 29.1 Å². The van der Waals surface area contributed by atoms with Gasteiger partial charge in [-0.1, -0.05) is 0 Å². The van der Waals surface area contributed by atoms with Crippen molar-refractivity contribution in [3.63, 3.8) is 0 Å². The fourth-order valence-electron chi connectivity index (χ4n) is 3.19. The molecule has 2 fully saturated rings. The summed E-state index contributed by atoms with van der Waals surface area (Å²) in [7, 11) is 0. The lowest BCUT2D eigenvalue weighted by molar-refractivity contribution is -0.148. The zero-order chi connectivity index (χ0) is 15.9. The minimum atomic E-state index is -1.03. The summed E-state index contributed by atoms with van der Waals surface area (Å²) in [5.41, 5.74) is 5.50. The van der Waals surface area contributed by atoms with E-state index in [-0.39, 0.29) is 6.10 Å². The average molecular weight is 324 g/mol. The number of nitrogens with one attached hydrogen (secondary N) is 2. The van der Waals surface area contributed by atoms with Gasteiger partial charge in [0.05, 0.1) is 28.9 Å². The Morgan fingerprint density at radius 3 is 2.50 bits per heavy atom. The first-order chi connectivity index (χ1) is 10.5. The van der Waals surface area contributed by atoms with Gasteiger partial charge in [-0.05, 0) is 36.8 Å². The molecule has 118 valence electrons. The molecule has 2 amide bonds. The summed E-state index contributed by atoms with van der Waals surface area (Å²) >= 11 is 1.28. The van der Waals surface area contributed by atoms with E-state index in [1.807, 2.05) is 6.07 Å². The Morgan fingerprint density at radius 2 is 1.91 bits per heavy atom. The quantitative estimate of drug-likeness (QED) is 0.710. The number of hydrogen-bond acceptors (Lipinski definition) is 5. The number of hydrogen-bond donors (Lipinski definition) is 3. The van der Waals surface area contributed by atoms with Gasteiger partial charge in [0.25, 0.3) is 5.91 Å². The molecule has 3 heterocycles. The van der Waals surface area contributed by atoms with Crippen LogP contribution in [0.4, 0.5) is 0 Å². The van der Waals surface area contributed by atoms with Crippen LogP contribution in [0.15, 0.2) is 11.4 Å². The monoisotopic (exact) mass is 324 g/mol. The lowest BCUT2D eigenvalue weighted by atomic mass is 9.79. The van der Waals surface area contributed by atoms with E-state index in [1.54, 1.807) is 12.3 Å². The fourth-order valence-corrected chi connectivity index (χ4v) is 4.01. The van der Waals surface area contributed by atoms with Crippen LogP contribution in [0.5, 0.6) is 0 Å². The van der Waals surface area contributed by atoms with Crippen LogP contribution in [0, 0.1) is 18.8 Å². The molecule has 0 spiro atoms. The third-order valence-electron chi connectivity index (χ3n) is 4.23. The largest absolute Gasteiger partial charge is 0.481 e. The first kappa shape index (κ1) is 15.0. The van der Waals surface area contributed by atoms with E-state index in [1.165, 1.54) is 11.3 Å². The van der Waals surface area contributed by atoms with Gasteiger partial charge in [-0.3, -0.25) is 25.2 Å². The molecule has 3 rings (SSSR count). The van der Waals surface area contributed by atoms with Crippen LogP contribution >= 0.6 is 11.3 Å². The Labute approximate surface area is 130 Å². The van der Waals surface area contributed by atoms with Crippen molar-refractivity contribution in [2.45, 2.75) is 32.0 Å². The van der Waals surface area contributed by atoms with Crippen LogP contribution in [0.25, 0.3) is 0 Å². The Balaban J connectivity index is 1.63. The summed E-state index contributed by atoms with van der Waals surface area (Å²) in [5.74, 6) is -3.56. The van der Waals surface area contributed by atoms with Gasteiger partial charge >= 0.3 is 5.97 Å². The fraction of sp³-hybridized carbons (Fsp3) is 0.500. The maximum Gasteiger partial charge on any atom is 0.310 e. The Morgan fingerprint density at radius 1 is 1.23 bits per heavy atom. The molecule has 0 unspecified atom stereocenters. The number of carbonyl (C=O) groups is 3. The minimum Gasteiger partial charge on any atom is -0.481 e. The van der Waals surface area contributed by atoms with Gasteiger partial charge in [0.2, 0.25) is 5.91 Å². The zero-order valence-corrected chi connectivity index (χ0v) is 12.7. The van der Waals surface area contributed by atoms with Crippen LogP contribution in [0.1, 0.15) is 28.1 Å². The molecule has 2 aliphatic rings. The molecular formula is C14H16N2O5S. The first-order valence-corrected chi connectivity index (χ1v) is 7.89. The third kappa shape index (κ3) is 2.48. The maximum absolute atomic E-state index is 12.2. The molecule has 1 aromatic heterocycles. The van der Waals surface area contributed by atoms with Crippen molar-refractivity contribution in [1.29, 1.82) is 0 Å². The van der Waals surface area contributed by atoms with Gasteiger partial charge in [0.1, 0.15) is 0 Å². The number of carboxylic acid groups (broad SMARTS) is 1. The molecular weight excluding hydrogens is 308 g/mol. The standard InChI is InChI=1S/C14H16N2O5S/c1-6-4-5-22-11(6)13(18)16-15-12(17)9-7-2-3-8(21-7)10(9)14(19)20/h4-5,7-10H,2-3H2,1H3,(H,15,17)(H,16,18)(H,19,20)/t7-,8+,9+,10+/m1/s1. The van der Waals surface area contributed by atoms with Crippen molar-refractivity contribution in [3.05, 3.63) is 21.9 Å². The minimum absolute atomic E-state index is 0.383. The Bertz CT molecular complexity index is 629. The number of ether oxygens (including phenoxy) is 1. The predicted molar refractivity (Wildman–Crippen MR) is 77.2 cm³/mol. The van der Waals surface area contributed by atoms with E-state index >= 15 is 0 Å². The number of rotatable bonds is 3. The molecule has 0 aliphatic carbocycles. The van der Waals surface area contributed by atoms with Crippen molar-refractivity contribution in [3.8, 4) is 0 Å². The average Bonchev–Trinajstić information content (AvgIpc) is 3.18. The van der Waals surface area contributed by atoms with Crippen molar-refractivity contribution in [2.75, 3.05) is 0 Å². The highest BCUT2D eigenvalue weighted by Crippen LogP contribution is 2.43. The molecule has 7 nitrogen and oxygen atoms in total. The van der Waals surface area contributed by atoms with Crippen molar-refractivity contribution < 1.29 is 24.2 Å². The van der Waals surface area contributed by atoms with Gasteiger partial charge < -0.3 is 9.84 Å². The summed E-state index contributed by atoms with van der Waals surface area (Å²) < 4.78 is 5.53. The molecule has 2 bridgehead atoms. The lowest BCUT2D eigenvalue weighted by Crippen LogP contribution is -2.50. The van der Waals surface area contributed by atoms with E-state index in [4.69, 9.17) is 4.74 Å². The summed E-state index contributed by atoms with van der Waals surface area (Å²) in [6.07, 6.45) is 0.538. The number of aryl methyl sites for hydroxylation is 1. The number of hydrazine groups is 1. The van der Waals surface area contributed by atoms with Crippen LogP contribution in [-0.2, 0) is 14.3 Å². The lowest BCUT2D eigenvalue weighted by Gasteiger charge is -2.23. The van der Waals surface area contributed by atoms with E-state index < -0.39 is 35.7 Å². The summed E-state index contributed by atoms with van der Waals surface area (Å²) in [5, 5.41) is 11.1. The van der Waals surface area contributed by atoms with Crippen LogP contribution in [0.2, 0.25) is 0 Å². The summed E-state index contributed by atoms with van der Waals surface area (Å²) in [6.45, 7) is 1.80. The number of fused-ring (bicyclic) bond motifs is 2. The smallest absolute Gasteiger partial charge is 0.310 e. The second-order valence-corrected chi connectivity index (χ2v) is 6.47. The zero-order valence-electron chi connectivity index (χ0n) is 11.9. The molecule has 4 atom stereocenters. The molecule has 0 radical (unpaired) electrons. The Hall–Kier alpha value is -1.93. The molecule has 3 N–H and O–H groups in total. The molecule has 0 aromatic carbocycles. The van der Waals surface area contributed by atoms with E-state index in [0.29, 0.717) is 17.7 Å².